The molecule has 1 aliphatic rings. The summed E-state index contributed by atoms with van der Waals surface area (Å²) in [5, 5.41) is 6.87. The first-order valence-electron chi connectivity index (χ1n) is 9.20. The molecule has 1 saturated heterocycles. The molecule has 1 aromatic rings. The Balaban J connectivity index is 1.91. The van der Waals surface area contributed by atoms with Gasteiger partial charge < -0.3 is 15.4 Å². The van der Waals surface area contributed by atoms with Crippen LogP contribution in [-0.2, 0) is 21.3 Å². The van der Waals surface area contributed by atoms with Crippen LogP contribution in [0, 0.1) is 0 Å². The fraction of sp³-hybridized carbons (Fsp3) is 0.611. The van der Waals surface area contributed by atoms with E-state index in [2.05, 4.69) is 15.6 Å². The van der Waals surface area contributed by atoms with E-state index in [1.54, 1.807) is 0 Å². The zero-order valence-corrected chi connectivity index (χ0v) is 17.7. The molecule has 0 aliphatic carbocycles. The van der Waals surface area contributed by atoms with Crippen LogP contribution >= 0.6 is 11.6 Å². The topological polar surface area (TPSA) is 83.0 Å². The van der Waals surface area contributed by atoms with Gasteiger partial charge in [0, 0.05) is 31.2 Å². The first-order chi connectivity index (χ1) is 12.8. The van der Waals surface area contributed by atoms with Crippen molar-refractivity contribution in [2.24, 2.45) is 4.99 Å². The van der Waals surface area contributed by atoms with Crippen LogP contribution in [-0.4, -0.2) is 62.8 Å². The lowest BCUT2D eigenvalue weighted by Gasteiger charge is -2.34. The lowest BCUT2D eigenvalue weighted by atomic mass is 10.2. The molecule has 0 aromatic heterocycles. The number of hydrogen-bond donors (Lipinski definition) is 2. The van der Waals surface area contributed by atoms with E-state index in [4.69, 9.17) is 16.3 Å². The van der Waals surface area contributed by atoms with Crippen LogP contribution in [0.3, 0.4) is 0 Å². The largest absolute Gasteiger partial charge is 0.373 e. The van der Waals surface area contributed by atoms with E-state index in [9.17, 15) is 8.42 Å². The highest BCUT2D eigenvalue weighted by atomic mass is 35.5. The number of benzene rings is 1. The van der Waals surface area contributed by atoms with Crippen LogP contribution in [0.4, 0.5) is 0 Å². The van der Waals surface area contributed by atoms with E-state index in [1.165, 1.54) is 4.31 Å². The molecule has 1 heterocycles. The van der Waals surface area contributed by atoms with E-state index >= 15 is 0 Å². The molecule has 0 amide bonds. The summed E-state index contributed by atoms with van der Waals surface area (Å²) in [7, 11) is -3.35. The van der Waals surface area contributed by atoms with Crippen LogP contribution in [0.5, 0.6) is 0 Å². The maximum absolute atomic E-state index is 12.6. The average molecular weight is 417 g/mol. The fourth-order valence-corrected chi connectivity index (χ4v) is 4.61. The van der Waals surface area contributed by atoms with Crippen LogP contribution in [0.25, 0.3) is 0 Å². The minimum absolute atomic E-state index is 0.00292. The number of morpholine rings is 1. The van der Waals surface area contributed by atoms with Crippen molar-refractivity contribution >= 4 is 27.6 Å². The molecule has 27 heavy (non-hydrogen) atoms. The van der Waals surface area contributed by atoms with Gasteiger partial charge in [0.1, 0.15) is 0 Å². The number of halogens is 1. The van der Waals surface area contributed by atoms with Crippen LogP contribution in [0.1, 0.15) is 26.3 Å². The van der Waals surface area contributed by atoms with Crippen molar-refractivity contribution in [3.8, 4) is 0 Å². The molecular weight excluding hydrogens is 388 g/mol. The van der Waals surface area contributed by atoms with E-state index in [0.717, 1.165) is 5.56 Å². The Morgan fingerprint density at radius 1 is 1.26 bits per heavy atom. The molecule has 1 aromatic carbocycles. The van der Waals surface area contributed by atoms with E-state index in [0.29, 0.717) is 37.2 Å². The van der Waals surface area contributed by atoms with Crippen molar-refractivity contribution in [3.05, 3.63) is 34.9 Å². The number of hydrogen-bond acceptors (Lipinski definition) is 4. The third-order valence-electron chi connectivity index (χ3n) is 4.14. The zero-order chi connectivity index (χ0) is 19.9. The predicted molar refractivity (Wildman–Crippen MR) is 110 cm³/mol. The van der Waals surface area contributed by atoms with Crippen LogP contribution in [0.2, 0.25) is 5.02 Å². The van der Waals surface area contributed by atoms with Gasteiger partial charge in [-0.2, -0.15) is 4.31 Å². The van der Waals surface area contributed by atoms with E-state index in [-0.39, 0.29) is 24.5 Å². The molecule has 0 radical (unpaired) electrons. The second-order valence-corrected chi connectivity index (χ2v) is 9.10. The lowest BCUT2D eigenvalue weighted by Crippen LogP contribution is -2.50. The highest BCUT2D eigenvalue weighted by Crippen LogP contribution is 2.16. The number of ether oxygens (including phenoxy) is 1. The average Bonchev–Trinajstić information content (AvgIpc) is 2.60. The summed E-state index contributed by atoms with van der Waals surface area (Å²) in [5.74, 6) is 0.569. The van der Waals surface area contributed by atoms with Gasteiger partial charge in [-0.05, 0) is 32.4 Å². The van der Waals surface area contributed by atoms with E-state index < -0.39 is 10.0 Å². The molecular formula is C18H29ClN4O3S. The Morgan fingerprint density at radius 3 is 2.56 bits per heavy atom. The summed E-state index contributed by atoms with van der Waals surface area (Å²) in [6.07, 6.45) is -0.183. The second-order valence-electron chi connectivity index (χ2n) is 6.60. The Morgan fingerprint density at radius 2 is 1.93 bits per heavy atom. The number of nitrogens with zero attached hydrogens (tertiary/aromatic N) is 2. The van der Waals surface area contributed by atoms with E-state index in [1.807, 2.05) is 45.0 Å². The third kappa shape index (κ3) is 6.95. The summed E-state index contributed by atoms with van der Waals surface area (Å²) in [6.45, 7) is 7.90. The highest BCUT2D eigenvalue weighted by Gasteiger charge is 2.30. The smallest absolute Gasteiger partial charge is 0.216 e. The highest BCUT2D eigenvalue weighted by molar-refractivity contribution is 7.89. The number of guanidine groups is 1. The first kappa shape index (κ1) is 21.9. The molecule has 2 rings (SSSR count). The molecule has 0 bridgehead atoms. The fourth-order valence-electron chi connectivity index (χ4n) is 2.92. The van der Waals surface area contributed by atoms with Gasteiger partial charge in [0.2, 0.25) is 10.0 Å². The van der Waals surface area contributed by atoms with Gasteiger partial charge in [-0.25, -0.2) is 13.4 Å². The molecule has 0 spiro atoms. The van der Waals surface area contributed by atoms with Crippen molar-refractivity contribution in [3.63, 3.8) is 0 Å². The number of aliphatic imine (C=N–C) groups is 1. The Hall–Kier alpha value is -1.35. The van der Waals surface area contributed by atoms with Crippen LogP contribution in [0.15, 0.2) is 29.3 Å². The van der Waals surface area contributed by atoms with Crippen molar-refractivity contribution in [2.75, 3.05) is 31.9 Å². The van der Waals surface area contributed by atoms with Gasteiger partial charge in [-0.15, -0.1) is 0 Å². The molecule has 9 heteroatoms. The summed E-state index contributed by atoms with van der Waals surface area (Å²) in [5.41, 5.74) is 0.917. The lowest BCUT2D eigenvalue weighted by molar-refractivity contribution is -0.0440. The number of sulfonamides is 1. The number of rotatable bonds is 7. The van der Waals surface area contributed by atoms with Gasteiger partial charge in [0.05, 0.1) is 24.5 Å². The Labute approximate surface area is 167 Å². The summed E-state index contributed by atoms with van der Waals surface area (Å²) in [4.78, 5) is 4.48. The van der Waals surface area contributed by atoms with Crippen LogP contribution < -0.4 is 10.6 Å². The standard InChI is InChI=1S/C18H29ClN4O3S/c1-4-20-18(22-11-16-7-5-6-8-17(16)19)21-9-10-27(24,25)23-12-14(2)26-15(3)13-23/h5-8,14-15H,4,9-13H2,1-3H3,(H2,20,21,22). The predicted octanol–water partition coefficient (Wildman–Crippen LogP) is 1.83. The maximum atomic E-state index is 12.6. The number of nitrogens with one attached hydrogen (secondary N) is 2. The second kappa shape index (κ2) is 10.3. The van der Waals surface area contributed by atoms with Gasteiger partial charge >= 0.3 is 0 Å². The quantitative estimate of drug-likeness (QED) is 0.523. The summed E-state index contributed by atoms with van der Waals surface area (Å²) < 4.78 is 32.3. The molecule has 7 nitrogen and oxygen atoms in total. The SMILES string of the molecule is CCNC(=NCc1ccccc1Cl)NCCS(=O)(=O)N1CC(C)OC(C)C1. The summed E-state index contributed by atoms with van der Waals surface area (Å²) >= 11 is 6.15. The summed E-state index contributed by atoms with van der Waals surface area (Å²) in [6, 6.07) is 7.52. The van der Waals surface area contributed by atoms with Crippen molar-refractivity contribution in [1.82, 2.24) is 14.9 Å². The normalized spacial score (nSPS) is 21.9. The third-order valence-corrected chi connectivity index (χ3v) is 6.32. The molecule has 152 valence electrons. The van der Waals surface area contributed by atoms with Gasteiger partial charge in [-0.3, -0.25) is 0 Å². The molecule has 1 fully saturated rings. The van der Waals surface area contributed by atoms with Gasteiger partial charge in [0.15, 0.2) is 5.96 Å². The zero-order valence-electron chi connectivity index (χ0n) is 16.1. The van der Waals surface area contributed by atoms with Gasteiger partial charge in [0.25, 0.3) is 0 Å². The minimum atomic E-state index is -3.35. The molecule has 2 N–H and O–H groups in total. The van der Waals surface area contributed by atoms with Crippen molar-refractivity contribution < 1.29 is 13.2 Å². The minimum Gasteiger partial charge on any atom is -0.373 e. The maximum Gasteiger partial charge on any atom is 0.216 e. The Bertz CT molecular complexity index is 732. The Kier molecular flexibility index (Phi) is 8.34. The molecule has 1 aliphatic heterocycles. The first-order valence-corrected chi connectivity index (χ1v) is 11.2. The van der Waals surface area contributed by atoms with Gasteiger partial charge in [-0.1, -0.05) is 29.8 Å². The van der Waals surface area contributed by atoms with Crippen molar-refractivity contribution in [1.29, 1.82) is 0 Å². The molecule has 2 atom stereocenters. The molecule has 0 saturated carbocycles. The van der Waals surface area contributed by atoms with Crippen molar-refractivity contribution in [2.45, 2.75) is 39.5 Å². The monoisotopic (exact) mass is 416 g/mol. The molecule has 2 unspecified atom stereocenters.